The van der Waals surface area contributed by atoms with Crippen molar-refractivity contribution in [2.45, 2.75) is 24.5 Å². The van der Waals surface area contributed by atoms with Crippen molar-refractivity contribution in [2.24, 2.45) is 5.92 Å². The van der Waals surface area contributed by atoms with Crippen molar-refractivity contribution in [1.29, 1.82) is 0 Å². The van der Waals surface area contributed by atoms with Crippen LogP contribution in [0.25, 0.3) is 4.96 Å². The zero-order chi connectivity index (χ0) is 14.3. The number of hydrogen-bond acceptors (Lipinski definition) is 5. The first-order chi connectivity index (χ1) is 9.49. The van der Waals surface area contributed by atoms with Crippen molar-refractivity contribution in [3.05, 3.63) is 16.7 Å². The van der Waals surface area contributed by atoms with E-state index < -0.39 is 10.0 Å². The Morgan fingerprint density at radius 2 is 2.45 bits per heavy atom. The van der Waals surface area contributed by atoms with Gasteiger partial charge in [-0.25, -0.2) is 18.1 Å². The van der Waals surface area contributed by atoms with Crippen LogP contribution in [0, 0.1) is 5.92 Å². The normalized spacial score (nSPS) is 23.7. The zero-order valence-corrected chi connectivity index (χ0v) is 13.1. The Morgan fingerprint density at radius 1 is 1.65 bits per heavy atom. The van der Waals surface area contributed by atoms with Crippen LogP contribution < -0.4 is 4.72 Å². The van der Waals surface area contributed by atoms with E-state index >= 15 is 0 Å². The lowest BCUT2D eigenvalue weighted by atomic mass is 10.0. The molecule has 1 aliphatic rings. The molecule has 1 saturated heterocycles. The SMILES string of the molecule is CC1OCCC1CNS(=O)(=O)c1c(Cl)nc2sccn12. The average molecular weight is 336 g/mol. The van der Waals surface area contributed by atoms with Crippen molar-refractivity contribution in [3.8, 4) is 0 Å². The summed E-state index contributed by atoms with van der Waals surface area (Å²) in [5.74, 6) is 0.189. The fraction of sp³-hybridized carbons (Fsp3) is 0.545. The summed E-state index contributed by atoms with van der Waals surface area (Å²) < 4.78 is 34.3. The molecule has 2 aromatic heterocycles. The molecule has 9 heteroatoms. The number of sulfonamides is 1. The largest absolute Gasteiger partial charge is 0.378 e. The second-order valence-corrected chi connectivity index (χ2v) is 7.65. The van der Waals surface area contributed by atoms with Crippen molar-refractivity contribution in [2.75, 3.05) is 13.2 Å². The Hall–Kier alpha value is -0.670. The van der Waals surface area contributed by atoms with Gasteiger partial charge in [0.1, 0.15) is 0 Å². The first-order valence-electron chi connectivity index (χ1n) is 6.21. The van der Waals surface area contributed by atoms with Gasteiger partial charge >= 0.3 is 0 Å². The molecule has 0 aliphatic carbocycles. The summed E-state index contributed by atoms with van der Waals surface area (Å²) in [5, 5.41) is 1.77. The molecule has 0 spiro atoms. The Balaban J connectivity index is 1.84. The first-order valence-corrected chi connectivity index (χ1v) is 8.95. The number of imidazole rings is 1. The lowest BCUT2D eigenvalue weighted by Gasteiger charge is -2.14. The summed E-state index contributed by atoms with van der Waals surface area (Å²) in [6, 6.07) is 0. The highest BCUT2D eigenvalue weighted by Crippen LogP contribution is 2.26. The predicted molar refractivity (Wildman–Crippen MR) is 76.8 cm³/mol. The van der Waals surface area contributed by atoms with Crippen LogP contribution >= 0.6 is 22.9 Å². The molecule has 110 valence electrons. The first kappa shape index (κ1) is 14.3. The molecule has 1 N–H and O–H groups in total. The molecule has 3 heterocycles. The molecule has 0 bridgehead atoms. The Bertz CT molecular complexity index is 724. The molecule has 3 rings (SSSR count). The average Bonchev–Trinajstić information content (AvgIpc) is 3.02. The van der Waals surface area contributed by atoms with Crippen molar-refractivity contribution in [1.82, 2.24) is 14.1 Å². The highest BCUT2D eigenvalue weighted by Gasteiger charge is 2.29. The predicted octanol–water partition coefficient (Wildman–Crippen LogP) is 1.75. The Kier molecular flexibility index (Phi) is 3.76. The summed E-state index contributed by atoms with van der Waals surface area (Å²) in [7, 11) is -3.69. The van der Waals surface area contributed by atoms with Gasteiger partial charge in [0.05, 0.1) is 6.10 Å². The van der Waals surface area contributed by atoms with Gasteiger partial charge < -0.3 is 4.74 Å². The topological polar surface area (TPSA) is 72.7 Å². The minimum Gasteiger partial charge on any atom is -0.378 e. The van der Waals surface area contributed by atoms with E-state index in [4.69, 9.17) is 16.3 Å². The maximum Gasteiger partial charge on any atom is 0.259 e. The number of nitrogens with zero attached hydrogens (tertiary/aromatic N) is 2. The number of rotatable bonds is 4. The number of thiazole rings is 1. The molecule has 6 nitrogen and oxygen atoms in total. The molecule has 1 aliphatic heterocycles. The minimum absolute atomic E-state index is 0.0000652. The van der Waals surface area contributed by atoms with Gasteiger partial charge in [-0.05, 0) is 13.3 Å². The summed E-state index contributed by atoms with van der Waals surface area (Å²) in [5.41, 5.74) is 0. The van der Waals surface area contributed by atoms with Crippen molar-refractivity contribution in [3.63, 3.8) is 0 Å². The summed E-state index contributed by atoms with van der Waals surface area (Å²) in [6.07, 6.45) is 2.58. The number of ether oxygens (including phenoxy) is 1. The lowest BCUT2D eigenvalue weighted by Crippen LogP contribution is -2.32. The van der Waals surface area contributed by atoms with E-state index in [1.807, 2.05) is 6.92 Å². The monoisotopic (exact) mass is 335 g/mol. The second kappa shape index (κ2) is 5.27. The third-order valence-corrected chi connectivity index (χ3v) is 6.08. The van der Waals surface area contributed by atoms with Crippen molar-refractivity contribution < 1.29 is 13.2 Å². The van der Waals surface area contributed by atoms with Gasteiger partial charge in [-0.3, -0.25) is 4.40 Å². The maximum absolute atomic E-state index is 12.4. The van der Waals surface area contributed by atoms with Crippen LogP contribution in [0.1, 0.15) is 13.3 Å². The molecule has 20 heavy (non-hydrogen) atoms. The summed E-state index contributed by atoms with van der Waals surface area (Å²) in [4.78, 5) is 4.60. The van der Waals surface area contributed by atoms with Crippen LogP contribution in [0.2, 0.25) is 5.15 Å². The van der Waals surface area contributed by atoms with E-state index in [9.17, 15) is 8.42 Å². The van der Waals surface area contributed by atoms with Crippen LogP contribution in [0.5, 0.6) is 0 Å². The van der Waals surface area contributed by atoms with Gasteiger partial charge in [-0.15, -0.1) is 11.3 Å². The highest BCUT2D eigenvalue weighted by atomic mass is 35.5. The van der Waals surface area contributed by atoms with Gasteiger partial charge in [0.25, 0.3) is 10.0 Å². The van der Waals surface area contributed by atoms with E-state index in [0.29, 0.717) is 18.1 Å². The molecule has 1 fully saturated rings. The summed E-state index contributed by atoms with van der Waals surface area (Å²) >= 11 is 7.29. The number of hydrogen-bond donors (Lipinski definition) is 1. The van der Waals surface area contributed by atoms with E-state index in [-0.39, 0.29) is 22.2 Å². The van der Waals surface area contributed by atoms with E-state index in [2.05, 4.69) is 9.71 Å². The third-order valence-electron chi connectivity index (χ3n) is 3.50. The van der Waals surface area contributed by atoms with Gasteiger partial charge in [0, 0.05) is 30.6 Å². The van der Waals surface area contributed by atoms with Gasteiger partial charge in [-0.1, -0.05) is 11.6 Å². The maximum atomic E-state index is 12.4. The molecule has 2 unspecified atom stereocenters. The molecule has 0 saturated carbocycles. The standard InChI is InChI=1S/C11H14ClN3O3S2/c1-7-8(2-4-18-7)6-13-20(16,17)10-9(12)14-11-15(10)3-5-19-11/h3,5,7-8,13H,2,4,6H2,1H3. The second-order valence-electron chi connectivity index (χ2n) is 4.74. The van der Waals surface area contributed by atoms with Crippen LogP contribution in [0.15, 0.2) is 16.6 Å². The molecular formula is C11H14ClN3O3S2. The Labute approximate surface area is 125 Å². The molecule has 0 aromatic carbocycles. The van der Waals surface area contributed by atoms with E-state index in [1.54, 1.807) is 11.6 Å². The Morgan fingerprint density at radius 3 is 3.15 bits per heavy atom. The number of nitrogens with one attached hydrogen (secondary N) is 1. The third kappa shape index (κ3) is 2.46. The fourth-order valence-electron chi connectivity index (χ4n) is 2.31. The molecule has 0 radical (unpaired) electrons. The van der Waals surface area contributed by atoms with Crippen LogP contribution in [0.4, 0.5) is 0 Å². The minimum atomic E-state index is -3.69. The lowest BCUT2D eigenvalue weighted by molar-refractivity contribution is 0.107. The number of aromatic nitrogens is 2. The quantitative estimate of drug-likeness (QED) is 0.924. The van der Waals surface area contributed by atoms with Gasteiger partial charge in [0.2, 0.25) is 0 Å². The number of halogens is 1. The molecule has 2 atom stereocenters. The summed E-state index contributed by atoms with van der Waals surface area (Å²) in [6.45, 7) is 2.97. The number of fused-ring (bicyclic) bond motifs is 1. The van der Waals surface area contributed by atoms with Gasteiger partial charge in [0.15, 0.2) is 15.1 Å². The smallest absolute Gasteiger partial charge is 0.259 e. The van der Waals surface area contributed by atoms with E-state index in [1.165, 1.54) is 15.7 Å². The van der Waals surface area contributed by atoms with Crippen LogP contribution in [0.3, 0.4) is 0 Å². The van der Waals surface area contributed by atoms with E-state index in [0.717, 1.165) is 6.42 Å². The molecule has 2 aromatic rings. The highest BCUT2D eigenvalue weighted by molar-refractivity contribution is 7.89. The van der Waals surface area contributed by atoms with Crippen LogP contribution in [-0.2, 0) is 14.8 Å². The molecule has 0 amide bonds. The molecular weight excluding hydrogens is 322 g/mol. The van der Waals surface area contributed by atoms with Crippen molar-refractivity contribution >= 4 is 37.9 Å². The van der Waals surface area contributed by atoms with Crippen LogP contribution in [-0.4, -0.2) is 37.1 Å². The zero-order valence-electron chi connectivity index (χ0n) is 10.7. The van der Waals surface area contributed by atoms with Gasteiger partial charge in [-0.2, -0.15) is 0 Å². The fourth-order valence-corrected chi connectivity index (χ4v) is 4.85.